The molecule has 6 rings (SSSR count). The molecule has 3 aromatic carbocycles. The molecule has 38 heavy (non-hydrogen) atoms. The van der Waals surface area contributed by atoms with E-state index in [0.717, 1.165) is 44.5 Å². The van der Waals surface area contributed by atoms with Gasteiger partial charge < -0.3 is 4.42 Å². The summed E-state index contributed by atoms with van der Waals surface area (Å²) in [6.07, 6.45) is 1.89. The monoisotopic (exact) mass is 501 g/mol. The van der Waals surface area contributed by atoms with Crippen molar-refractivity contribution in [3.05, 3.63) is 89.6 Å². The Bertz CT molecular complexity index is 1790. The largest absolute Gasteiger partial charge is 0.455 e. The third-order valence-electron chi connectivity index (χ3n) is 7.57. The number of pyridine rings is 1. The van der Waals surface area contributed by atoms with Gasteiger partial charge in [0.05, 0.1) is 16.8 Å². The normalized spacial score (nSPS) is 12.6. The highest BCUT2D eigenvalue weighted by Crippen LogP contribution is 2.42. The Kier molecular flexibility index (Phi) is 5.68. The third kappa shape index (κ3) is 3.74. The van der Waals surface area contributed by atoms with Crippen molar-refractivity contribution < 1.29 is 4.42 Å². The molecule has 0 radical (unpaired) electrons. The van der Waals surface area contributed by atoms with E-state index >= 15 is 0 Å². The number of imidazole rings is 1. The first kappa shape index (κ1) is 24.4. The number of nitrogens with zero attached hydrogens (tertiary/aromatic N) is 3. The fourth-order valence-corrected chi connectivity index (χ4v) is 5.70. The maximum absolute atomic E-state index is 6.50. The fourth-order valence-electron chi connectivity index (χ4n) is 5.70. The second kappa shape index (κ2) is 8.83. The van der Waals surface area contributed by atoms with E-state index in [4.69, 9.17) is 14.4 Å². The molecule has 4 heteroatoms. The van der Waals surface area contributed by atoms with E-state index in [0.29, 0.717) is 11.8 Å². The van der Waals surface area contributed by atoms with E-state index in [1.807, 2.05) is 18.3 Å². The van der Waals surface area contributed by atoms with Gasteiger partial charge in [-0.05, 0) is 52.1 Å². The first-order valence-electron chi connectivity index (χ1n) is 13.6. The van der Waals surface area contributed by atoms with Gasteiger partial charge in [0.2, 0.25) is 0 Å². The highest BCUT2D eigenvalue weighted by atomic mass is 16.3. The van der Waals surface area contributed by atoms with Crippen molar-refractivity contribution in [2.45, 2.75) is 65.7 Å². The molecular weight excluding hydrogens is 466 g/mol. The van der Waals surface area contributed by atoms with Gasteiger partial charge in [0, 0.05) is 17.0 Å². The van der Waals surface area contributed by atoms with E-state index in [-0.39, 0.29) is 5.41 Å². The fraction of sp³-hybridized carbons (Fsp3) is 0.294. The van der Waals surface area contributed by atoms with Crippen LogP contribution in [0, 0.1) is 0 Å². The SMILES string of the molecule is CC(C)c1cccc(C(C)C)c1-n1c(-c2cccc3c2oc2ccccc23)nc2nccc(C(C)(C)C)c21. The van der Waals surface area contributed by atoms with Gasteiger partial charge in [-0.1, -0.05) is 97.0 Å². The van der Waals surface area contributed by atoms with E-state index < -0.39 is 0 Å². The summed E-state index contributed by atoms with van der Waals surface area (Å²) in [6.45, 7) is 15.9. The average Bonchev–Trinajstić information content (AvgIpc) is 3.46. The zero-order valence-corrected chi connectivity index (χ0v) is 23.3. The van der Waals surface area contributed by atoms with Crippen LogP contribution in [0.4, 0.5) is 0 Å². The number of rotatable bonds is 4. The van der Waals surface area contributed by atoms with E-state index in [1.54, 1.807) is 0 Å². The lowest BCUT2D eigenvalue weighted by atomic mass is 9.86. The minimum atomic E-state index is -0.0909. The number of aromatic nitrogens is 3. The zero-order chi connectivity index (χ0) is 26.8. The van der Waals surface area contributed by atoms with Gasteiger partial charge in [-0.2, -0.15) is 0 Å². The lowest BCUT2D eigenvalue weighted by Crippen LogP contribution is -2.15. The first-order valence-corrected chi connectivity index (χ1v) is 13.6. The van der Waals surface area contributed by atoms with Gasteiger partial charge in [-0.25, -0.2) is 9.97 Å². The van der Waals surface area contributed by atoms with Crippen LogP contribution < -0.4 is 0 Å². The maximum Gasteiger partial charge on any atom is 0.178 e. The van der Waals surface area contributed by atoms with E-state index in [1.165, 1.54) is 22.4 Å². The molecule has 0 N–H and O–H groups in total. The van der Waals surface area contributed by atoms with Crippen LogP contribution in [0.2, 0.25) is 0 Å². The summed E-state index contributed by atoms with van der Waals surface area (Å²) in [7, 11) is 0. The second-order valence-corrected chi connectivity index (χ2v) is 11.9. The molecule has 0 aliphatic carbocycles. The van der Waals surface area contributed by atoms with Crippen molar-refractivity contribution in [2.24, 2.45) is 0 Å². The van der Waals surface area contributed by atoms with Crippen LogP contribution in [0.1, 0.15) is 77.0 Å². The quantitative estimate of drug-likeness (QED) is 0.241. The zero-order valence-electron chi connectivity index (χ0n) is 23.3. The van der Waals surface area contributed by atoms with Crippen LogP contribution in [0.25, 0.3) is 50.2 Å². The molecular formula is C34H35N3O. The Morgan fingerprint density at radius 1 is 0.763 bits per heavy atom. The summed E-state index contributed by atoms with van der Waals surface area (Å²) in [6, 6.07) is 23.5. The summed E-state index contributed by atoms with van der Waals surface area (Å²) in [5.74, 6) is 1.54. The molecule has 0 aliphatic rings. The number of hydrogen-bond acceptors (Lipinski definition) is 3. The standard InChI is InChI=1S/C34H35N3O/c1-20(2)22-13-10-14-23(21(3)4)29(22)37-30-27(34(5,6)7)18-19-35-32(30)36-33(37)26-16-11-15-25-24-12-8-9-17-28(24)38-31(25)26/h8-21H,1-7H3. The summed E-state index contributed by atoms with van der Waals surface area (Å²) >= 11 is 0. The van der Waals surface area contributed by atoms with Crippen molar-refractivity contribution in [1.82, 2.24) is 14.5 Å². The van der Waals surface area contributed by atoms with Gasteiger partial charge in [0.1, 0.15) is 11.2 Å². The molecule has 0 bridgehead atoms. The van der Waals surface area contributed by atoms with E-state index in [9.17, 15) is 0 Å². The Morgan fingerprint density at radius 2 is 1.42 bits per heavy atom. The molecule has 0 unspecified atom stereocenters. The molecule has 0 aliphatic heterocycles. The molecule has 3 heterocycles. The van der Waals surface area contributed by atoms with Crippen molar-refractivity contribution in [2.75, 3.05) is 0 Å². The molecule has 192 valence electrons. The topological polar surface area (TPSA) is 43.9 Å². The van der Waals surface area contributed by atoms with Crippen LogP contribution in [0.5, 0.6) is 0 Å². The van der Waals surface area contributed by atoms with Crippen LogP contribution in [0.3, 0.4) is 0 Å². The average molecular weight is 502 g/mol. The smallest absolute Gasteiger partial charge is 0.178 e. The van der Waals surface area contributed by atoms with Crippen LogP contribution in [0.15, 0.2) is 77.3 Å². The molecule has 4 nitrogen and oxygen atoms in total. The predicted octanol–water partition coefficient (Wildman–Crippen LogP) is 9.53. The van der Waals surface area contributed by atoms with Gasteiger partial charge in [-0.3, -0.25) is 4.57 Å². The Morgan fingerprint density at radius 3 is 2.11 bits per heavy atom. The molecule has 6 aromatic rings. The molecule has 0 atom stereocenters. The number of para-hydroxylation sites is 3. The van der Waals surface area contributed by atoms with Crippen molar-refractivity contribution >= 4 is 33.1 Å². The highest BCUT2D eigenvalue weighted by molar-refractivity contribution is 6.09. The first-order chi connectivity index (χ1) is 18.2. The predicted molar refractivity (Wildman–Crippen MR) is 158 cm³/mol. The van der Waals surface area contributed by atoms with Crippen LogP contribution in [-0.2, 0) is 5.41 Å². The van der Waals surface area contributed by atoms with Crippen molar-refractivity contribution in [3.8, 4) is 17.1 Å². The molecule has 0 saturated carbocycles. The van der Waals surface area contributed by atoms with Crippen molar-refractivity contribution in [1.29, 1.82) is 0 Å². The number of furan rings is 1. The van der Waals surface area contributed by atoms with E-state index in [2.05, 4.69) is 108 Å². The Balaban J connectivity index is 1.83. The summed E-state index contributed by atoms with van der Waals surface area (Å²) in [5.41, 5.74) is 9.50. The summed E-state index contributed by atoms with van der Waals surface area (Å²) in [5, 5.41) is 2.22. The number of benzene rings is 3. The molecule has 0 amide bonds. The van der Waals surface area contributed by atoms with Gasteiger partial charge in [0.15, 0.2) is 11.5 Å². The van der Waals surface area contributed by atoms with Gasteiger partial charge in [-0.15, -0.1) is 0 Å². The molecule has 0 saturated heterocycles. The summed E-state index contributed by atoms with van der Waals surface area (Å²) in [4.78, 5) is 10.0. The lowest BCUT2D eigenvalue weighted by molar-refractivity contribution is 0.593. The maximum atomic E-state index is 6.50. The molecule has 3 aromatic heterocycles. The molecule has 0 fully saturated rings. The number of fused-ring (bicyclic) bond motifs is 4. The second-order valence-electron chi connectivity index (χ2n) is 11.9. The summed E-state index contributed by atoms with van der Waals surface area (Å²) < 4.78 is 8.89. The molecule has 0 spiro atoms. The number of hydrogen-bond donors (Lipinski definition) is 0. The van der Waals surface area contributed by atoms with Gasteiger partial charge in [0.25, 0.3) is 0 Å². The Labute approximate surface area is 224 Å². The van der Waals surface area contributed by atoms with Crippen molar-refractivity contribution in [3.63, 3.8) is 0 Å². The Hall–Kier alpha value is -3.92. The highest BCUT2D eigenvalue weighted by Gasteiger charge is 2.28. The van der Waals surface area contributed by atoms with Crippen LogP contribution in [-0.4, -0.2) is 14.5 Å². The lowest BCUT2D eigenvalue weighted by Gasteiger charge is -2.25. The minimum Gasteiger partial charge on any atom is -0.455 e. The third-order valence-corrected chi connectivity index (χ3v) is 7.57. The van der Waals surface area contributed by atoms with Gasteiger partial charge >= 0.3 is 0 Å². The van der Waals surface area contributed by atoms with Crippen LogP contribution >= 0.6 is 0 Å². The minimum absolute atomic E-state index is 0.0909.